The predicted octanol–water partition coefficient (Wildman–Crippen LogP) is 4.43. The van der Waals surface area contributed by atoms with Gasteiger partial charge in [-0.1, -0.05) is 0 Å². The van der Waals surface area contributed by atoms with E-state index >= 15 is 0 Å². The van der Waals surface area contributed by atoms with Crippen molar-refractivity contribution in [2.45, 2.75) is 30.1 Å². The molecule has 0 aliphatic rings. The van der Waals surface area contributed by atoms with Crippen LogP contribution < -0.4 is 15.0 Å². The second-order valence-electron chi connectivity index (χ2n) is 7.42. The van der Waals surface area contributed by atoms with E-state index in [2.05, 4.69) is 0 Å². The molecule has 158 valence electrons. The van der Waals surface area contributed by atoms with Gasteiger partial charge in [0.15, 0.2) is 11.5 Å². The molecule has 0 aliphatic heterocycles. The SMILES string of the molecule is COc1cc(-n2ccc(CSc3ccc(F)cc3)cc2=O)ccc1OCC(C)(C)O. The first-order chi connectivity index (χ1) is 14.2. The van der Waals surface area contributed by atoms with Crippen molar-refractivity contribution >= 4 is 11.8 Å². The Labute approximate surface area is 179 Å². The number of rotatable bonds is 8. The lowest BCUT2D eigenvalue weighted by molar-refractivity contribution is 0.0276. The zero-order chi connectivity index (χ0) is 21.7. The number of pyridine rings is 1. The highest BCUT2D eigenvalue weighted by atomic mass is 32.2. The molecule has 30 heavy (non-hydrogen) atoms. The summed E-state index contributed by atoms with van der Waals surface area (Å²) < 4.78 is 25.5. The summed E-state index contributed by atoms with van der Waals surface area (Å²) in [6.07, 6.45) is 1.72. The van der Waals surface area contributed by atoms with E-state index in [9.17, 15) is 14.3 Å². The lowest BCUT2D eigenvalue weighted by atomic mass is 10.2. The molecule has 3 aromatic rings. The molecular formula is C23H24FNO4S. The zero-order valence-corrected chi connectivity index (χ0v) is 17.9. The van der Waals surface area contributed by atoms with Crippen LogP contribution in [0.25, 0.3) is 5.69 Å². The monoisotopic (exact) mass is 429 g/mol. The molecule has 0 fully saturated rings. The van der Waals surface area contributed by atoms with Crippen LogP contribution in [0.15, 0.2) is 70.5 Å². The number of hydrogen-bond donors (Lipinski definition) is 1. The van der Waals surface area contributed by atoms with Gasteiger partial charge in [0.1, 0.15) is 12.4 Å². The normalized spacial score (nSPS) is 11.4. The summed E-state index contributed by atoms with van der Waals surface area (Å²) >= 11 is 1.54. The van der Waals surface area contributed by atoms with E-state index in [0.29, 0.717) is 22.9 Å². The third-order valence-corrected chi connectivity index (χ3v) is 5.29. The van der Waals surface area contributed by atoms with Crippen LogP contribution in [0.5, 0.6) is 11.5 Å². The van der Waals surface area contributed by atoms with Gasteiger partial charge in [-0.25, -0.2) is 4.39 Å². The number of nitrogens with zero attached hydrogens (tertiary/aromatic N) is 1. The topological polar surface area (TPSA) is 60.7 Å². The fraction of sp³-hybridized carbons (Fsp3) is 0.261. The van der Waals surface area contributed by atoms with Gasteiger partial charge in [-0.2, -0.15) is 0 Å². The summed E-state index contributed by atoms with van der Waals surface area (Å²) in [5, 5.41) is 9.84. The van der Waals surface area contributed by atoms with E-state index in [0.717, 1.165) is 10.5 Å². The second kappa shape index (κ2) is 9.36. The molecule has 0 aliphatic carbocycles. The molecular weight excluding hydrogens is 405 g/mol. The molecule has 1 N–H and O–H groups in total. The standard InChI is InChI=1S/C23H24FNO4S/c1-23(2,27)15-29-20-9-6-18(13-21(20)28-3)25-11-10-16(12-22(25)26)14-30-19-7-4-17(24)5-8-19/h4-13,27H,14-15H2,1-3H3. The van der Waals surface area contributed by atoms with Gasteiger partial charge in [-0.3, -0.25) is 9.36 Å². The summed E-state index contributed by atoms with van der Waals surface area (Å²) in [5.41, 5.74) is 0.384. The van der Waals surface area contributed by atoms with Gasteiger partial charge in [0.25, 0.3) is 5.56 Å². The number of aliphatic hydroxyl groups is 1. The van der Waals surface area contributed by atoms with Crippen LogP contribution in [0.4, 0.5) is 4.39 Å². The molecule has 0 unspecified atom stereocenters. The minimum atomic E-state index is -0.970. The Hall–Kier alpha value is -2.77. The Kier molecular flexibility index (Phi) is 6.84. The highest BCUT2D eigenvalue weighted by Gasteiger charge is 2.16. The van der Waals surface area contributed by atoms with Crippen LogP contribution in [0, 0.1) is 5.82 Å². The third kappa shape index (κ3) is 5.87. The number of benzene rings is 2. The Bertz CT molecular complexity index is 1060. The summed E-state index contributed by atoms with van der Waals surface area (Å²) in [7, 11) is 1.52. The van der Waals surface area contributed by atoms with Crippen LogP contribution in [0.3, 0.4) is 0 Å². The summed E-state index contributed by atoms with van der Waals surface area (Å²) in [6.45, 7) is 3.43. The van der Waals surface area contributed by atoms with Crippen LogP contribution >= 0.6 is 11.8 Å². The maximum absolute atomic E-state index is 13.0. The highest BCUT2D eigenvalue weighted by Crippen LogP contribution is 2.30. The second-order valence-corrected chi connectivity index (χ2v) is 8.47. The van der Waals surface area contributed by atoms with Crippen molar-refractivity contribution in [1.29, 1.82) is 0 Å². The Balaban J connectivity index is 1.75. The maximum atomic E-state index is 13.0. The summed E-state index contributed by atoms with van der Waals surface area (Å²) in [6, 6.07) is 14.9. The van der Waals surface area contributed by atoms with E-state index in [4.69, 9.17) is 9.47 Å². The van der Waals surface area contributed by atoms with Crippen molar-refractivity contribution in [1.82, 2.24) is 4.57 Å². The first-order valence-electron chi connectivity index (χ1n) is 9.39. The summed E-state index contributed by atoms with van der Waals surface area (Å²) in [4.78, 5) is 13.6. The van der Waals surface area contributed by atoms with Gasteiger partial charge < -0.3 is 14.6 Å². The van der Waals surface area contributed by atoms with Crippen LogP contribution in [-0.4, -0.2) is 29.0 Å². The van der Waals surface area contributed by atoms with Crippen molar-refractivity contribution in [3.8, 4) is 17.2 Å². The van der Waals surface area contributed by atoms with E-state index in [1.165, 1.54) is 35.6 Å². The third-order valence-electron chi connectivity index (χ3n) is 4.21. The molecule has 2 aromatic carbocycles. The molecule has 5 nitrogen and oxygen atoms in total. The molecule has 0 bridgehead atoms. The molecule has 0 saturated heterocycles. The molecule has 0 atom stereocenters. The van der Waals surface area contributed by atoms with Crippen molar-refractivity contribution in [3.63, 3.8) is 0 Å². The number of halogens is 1. The van der Waals surface area contributed by atoms with Crippen molar-refractivity contribution in [3.05, 3.63) is 82.5 Å². The van der Waals surface area contributed by atoms with Gasteiger partial charge in [0.2, 0.25) is 0 Å². The Morgan fingerprint density at radius 3 is 2.43 bits per heavy atom. The van der Waals surface area contributed by atoms with Gasteiger partial charge in [-0.05, 0) is 61.9 Å². The van der Waals surface area contributed by atoms with Crippen molar-refractivity contribution in [2.24, 2.45) is 0 Å². The largest absolute Gasteiger partial charge is 0.493 e. The van der Waals surface area contributed by atoms with Gasteiger partial charge in [-0.15, -0.1) is 11.8 Å². The Morgan fingerprint density at radius 1 is 1.07 bits per heavy atom. The number of ether oxygens (including phenoxy) is 2. The van der Waals surface area contributed by atoms with E-state index < -0.39 is 5.60 Å². The lowest BCUT2D eigenvalue weighted by Gasteiger charge is -2.19. The van der Waals surface area contributed by atoms with Crippen molar-refractivity contribution in [2.75, 3.05) is 13.7 Å². The van der Waals surface area contributed by atoms with Crippen molar-refractivity contribution < 1.29 is 19.0 Å². The first kappa shape index (κ1) is 21.9. The van der Waals surface area contributed by atoms with Crippen LogP contribution in [-0.2, 0) is 5.75 Å². The number of hydrogen-bond acceptors (Lipinski definition) is 5. The molecule has 1 aromatic heterocycles. The molecule has 3 rings (SSSR count). The molecule has 0 saturated carbocycles. The smallest absolute Gasteiger partial charge is 0.255 e. The average Bonchev–Trinajstić information content (AvgIpc) is 2.71. The van der Waals surface area contributed by atoms with Crippen LogP contribution in [0.2, 0.25) is 0 Å². The van der Waals surface area contributed by atoms with E-state index in [1.54, 1.807) is 56.4 Å². The average molecular weight is 430 g/mol. The van der Waals surface area contributed by atoms with E-state index in [1.807, 2.05) is 6.07 Å². The molecule has 1 heterocycles. The predicted molar refractivity (Wildman–Crippen MR) is 116 cm³/mol. The Morgan fingerprint density at radius 2 is 1.80 bits per heavy atom. The fourth-order valence-electron chi connectivity index (χ4n) is 2.70. The molecule has 0 amide bonds. The first-order valence-corrected chi connectivity index (χ1v) is 10.4. The van der Waals surface area contributed by atoms with E-state index in [-0.39, 0.29) is 18.0 Å². The quantitative estimate of drug-likeness (QED) is 0.537. The maximum Gasteiger partial charge on any atom is 0.255 e. The van der Waals surface area contributed by atoms with Gasteiger partial charge >= 0.3 is 0 Å². The molecule has 7 heteroatoms. The zero-order valence-electron chi connectivity index (χ0n) is 17.1. The van der Waals surface area contributed by atoms with Gasteiger partial charge in [0.05, 0.1) is 18.4 Å². The minimum Gasteiger partial charge on any atom is -0.493 e. The number of aromatic nitrogens is 1. The minimum absolute atomic E-state index is 0.114. The number of methoxy groups -OCH3 is 1. The molecule has 0 radical (unpaired) electrons. The van der Waals surface area contributed by atoms with Gasteiger partial charge in [0, 0.05) is 29.0 Å². The highest BCUT2D eigenvalue weighted by molar-refractivity contribution is 7.98. The lowest BCUT2D eigenvalue weighted by Crippen LogP contribution is -2.28. The molecule has 0 spiro atoms. The fourth-order valence-corrected chi connectivity index (χ4v) is 3.54. The summed E-state index contributed by atoms with van der Waals surface area (Å²) in [5.74, 6) is 1.30. The van der Waals surface area contributed by atoms with Crippen LogP contribution in [0.1, 0.15) is 19.4 Å². The number of thioether (sulfide) groups is 1.